The van der Waals surface area contributed by atoms with Gasteiger partial charge in [0.05, 0.1) is 18.0 Å². The van der Waals surface area contributed by atoms with Gasteiger partial charge in [-0.1, -0.05) is 18.2 Å². The van der Waals surface area contributed by atoms with Gasteiger partial charge in [0, 0.05) is 6.54 Å². The van der Waals surface area contributed by atoms with Crippen molar-refractivity contribution in [1.29, 1.82) is 0 Å². The standard InChI is InChI=1S/C12H16N4O3/c13-6-10(17)12(19)11(18)9-7-14-16(15-9)8-4-2-1-3-5-8/h1-5,7,10-12,17-19H,6,13H2/t10-,11+,12-/m0/s1. The minimum Gasteiger partial charge on any atom is -0.389 e. The van der Waals surface area contributed by atoms with Crippen molar-refractivity contribution in [3.05, 3.63) is 42.2 Å². The van der Waals surface area contributed by atoms with Crippen molar-refractivity contribution in [2.75, 3.05) is 6.54 Å². The van der Waals surface area contributed by atoms with Crippen LogP contribution in [0.25, 0.3) is 5.69 Å². The molecule has 0 aliphatic heterocycles. The second-order valence-electron chi connectivity index (χ2n) is 4.13. The van der Waals surface area contributed by atoms with E-state index in [1.54, 1.807) is 12.1 Å². The molecule has 0 aliphatic rings. The fourth-order valence-corrected chi connectivity index (χ4v) is 1.62. The topological polar surface area (TPSA) is 117 Å². The predicted molar refractivity (Wildman–Crippen MR) is 67.4 cm³/mol. The van der Waals surface area contributed by atoms with Gasteiger partial charge in [-0.15, -0.1) is 0 Å². The van der Waals surface area contributed by atoms with E-state index in [1.807, 2.05) is 18.2 Å². The van der Waals surface area contributed by atoms with Crippen LogP contribution < -0.4 is 5.73 Å². The number of hydrogen-bond acceptors (Lipinski definition) is 6. The van der Waals surface area contributed by atoms with Crippen LogP contribution in [0.4, 0.5) is 0 Å². The molecule has 0 unspecified atom stereocenters. The number of para-hydroxylation sites is 1. The van der Waals surface area contributed by atoms with E-state index in [9.17, 15) is 15.3 Å². The van der Waals surface area contributed by atoms with Crippen molar-refractivity contribution in [3.8, 4) is 5.69 Å². The van der Waals surface area contributed by atoms with Crippen LogP contribution in [-0.4, -0.2) is 49.1 Å². The number of hydrogen-bond donors (Lipinski definition) is 4. The Hall–Kier alpha value is -1.80. The molecule has 102 valence electrons. The Kier molecular flexibility index (Phi) is 4.23. The van der Waals surface area contributed by atoms with Crippen molar-refractivity contribution >= 4 is 0 Å². The molecule has 1 aromatic carbocycles. The smallest absolute Gasteiger partial charge is 0.128 e. The van der Waals surface area contributed by atoms with Gasteiger partial charge in [-0.3, -0.25) is 0 Å². The molecule has 0 saturated heterocycles. The summed E-state index contributed by atoms with van der Waals surface area (Å²) in [5.74, 6) is 0. The summed E-state index contributed by atoms with van der Waals surface area (Å²) in [7, 11) is 0. The number of nitrogens with two attached hydrogens (primary N) is 1. The average Bonchev–Trinajstić information content (AvgIpc) is 2.95. The second-order valence-corrected chi connectivity index (χ2v) is 4.13. The summed E-state index contributed by atoms with van der Waals surface area (Å²) >= 11 is 0. The molecule has 19 heavy (non-hydrogen) atoms. The first-order chi connectivity index (χ1) is 9.13. The van der Waals surface area contributed by atoms with Crippen molar-refractivity contribution in [3.63, 3.8) is 0 Å². The van der Waals surface area contributed by atoms with Crippen LogP contribution in [0.2, 0.25) is 0 Å². The largest absolute Gasteiger partial charge is 0.389 e. The fraction of sp³-hybridized carbons (Fsp3) is 0.333. The first-order valence-electron chi connectivity index (χ1n) is 5.85. The molecule has 0 bridgehead atoms. The summed E-state index contributed by atoms with van der Waals surface area (Å²) in [6.07, 6.45) is -2.61. The molecule has 0 fully saturated rings. The highest BCUT2D eigenvalue weighted by Gasteiger charge is 2.27. The molecule has 0 spiro atoms. The van der Waals surface area contributed by atoms with Gasteiger partial charge < -0.3 is 21.1 Å². The third-order valence-corrected chi connectivity index (χ3v) is 2.76. The van der Waals surface area contributed by atoms with Crippen molar-refractivity contribution in [2.24, 2.45) is 5.73 Å². The molecule has 0 saturated carbocycles. The minimum absolute atomic E-state index is 0.148. The zero-order valence-corrected chi connectivity index (χ0v) is 10.2. The molecule has 7 nitrogen and oxygen atoms in total. The van der Waals surface area contributed by atoms with Gasteiger partial charge in [0.15, 0.2) is 0 Å². The van der Waals surface area contributed by atoms with Gasteiger partial charge in [-0.2, -0.15) is 15.0 Å². The third kappa shape index (κ3) is 2.96. The van der Waals surface area contributed by atoms with E-state index < -0.39 is 18.3 Å². The van der Waals surface area contributed by atoms with Crippen molar-refractivity contribution < 1.29 is 15.3 Å². The normalized spacial score (nSPS) is 16.0. The monoisotopic (exact) mass is 264 g/mol. The van der Waals surface area contributed by atoms with Crippen LogP contribution in [0.1, 0.15) is 11.8 Å². The minimum atomic E-state index is -1.40. The van der Waals surface area contributed by atoms with Crippen LogP contribution in [0, 0.1) is 0 Å². The van der Waals surface area contributed by atoms with Crippen LogP contribution in [0.3, 0.4) is 0 Å². The highest BCUT2D eigenvalue weighted by molar-refractivity contribution is 5.28. The molecule has 2 aromatic rings. The summed E-state index contributed by atoms with van der Waals surface area (Å²) in [5.41, 5.74) is 6.12. The van der Waals surface area contributed by atoms with Crippen LogP contribution in [0.15, 0.2) is 36.5 Å². The van der Waals surface area contributed by atoms with Crippen molar-refractivity contribution in [1.82, 2.24) is 15.0 Å². The maximum absolute atomic E-state index is 9.87. The molecule has 3 atom stereocenters. The van der Waals surface area contributed by atoms with Gasteiger partial charge in [-0.25, -0.2) is 0 Å². The molecule has 1 heterocycles. The predicted octanol–water partition coefficient (Wildman–Crippen LogP) is -1.02. The third-order valence-electron chi connectivity index (χ3n) is 2.76. The molecule has 0 amide bonds. The van der Waals surface area contributed by atoms with E-state index in [2.05, 4.69) is 10.2 Å². The Balaban J connectivity index is 2.17. The number of aromatic nitrogens is 3. The molecular formula is C12H16N4O3. The number of aliphatic hydroxyl groups is 3. The van der Waals surface area contributed by atoms with E-state index in [-0.39, 0.29) is 12.2 Å². The first kappa shape index (κ1) is 13.6. The SMILES string of the molecule is NC[C@H](O)[C@H](O)[C@H](O)c1cnn(-c2ccccc2)n1. The van der Waals surface area contributed by atoms with Gasteiger partial charge in [0.1, 0.15) is 17.9 Å². The molecule has 1 aromatic heterocycles. The lowest BCUT2D eigenvalue weighted by atomic mass is 10.1. The number of benzene rings is 1. The molecule has 0 radical (unpaired) electrons. The lowest BCUT2D eigenvalue weighted by Gasteiger charge is -2.19. The maximum Gasteiger partial charge on any atom is 0.128 e. The number of nitrogens with zero attached hydrogens (tertiary/aromatic N) is 3. The summed E-state index contributed by atoms with van der Waals surface area (Å²) in [6.45, 7) is -0.148. The van der Waals surface area contributed by atoms with Crippen LogP contribution in [0.5, 0.6) is 0 Å². The molecule has 7 heteroatoms. The molecule has 5 N–H and O–H groups in total. The molecular weight excluding hydrogens is 248 g/mol. The Labute approximate surface area is 109 Å². The van der Waals surface area contributed by atoms with Gasteiger partial charge in [0.25, 0.3) is 0 Å². The molecule has 0 aliphatic carbocycles. The Morgan fingerprint density at radius 3 is 2.47 bits per heavy atom. The second kappa shape index (κ2) is 5.89. The Morgan fingerprint density at radius 1 is 1.16 bits per heavy atom. The zero-order chi connectivity index (χ0) is 13.8. The van der Waals surface area contributed by atoms with E-state index in [0.717, 1.165) is 5.69 Å². The number of aliphatic hydroxyl groups excluding tert-OH is 3. The lowest BCUT2D eigenvalue weighted by Crippen LogP contribution is -2.37. The number of rotatable bonds is 5. The maximum atomic E-state index is 9.87. The highest BCUT2D eigenvalue weighted by Crippen LogP contribution is 2.17. The Bertz CT molecular complexity index is 517. The fourth-order valence-electron chi connectivity index (χ4n) is 1.62. The summed E-state index contributed by atoms with van der Waals surface area (Å²) in [6, 6.07) is 9.15. The van der Waals surface area contributed by atoms with Crippen molar-refractivity contribution in [2.45, 2.75) is 18.3 Å². The molecule has 2 rings (SSSR count). The van der Waals surface area contributed by atoms with Gasteiger partial charge >= 0.3 is 0 Å². The Morgan fingerprint density at radius 2 is 1.84 bits per heavy atom. The average molecular weight is 264 g/mol. The van der Waals surface area contributed by atoms with Crippen LogP contribution in [-0.2, 0) is 0 Å². The summed E-state index contributed by atoms with van der Waals surface area (Å²) in [4.78, 5) is 1.33. The van der Waals surface area contributed by atoms with Crippen LogP contribution >= 0.6 is 0 Å². The zero-order valence-electron chi connectivity index (χ0n) is 10.2. The quantitative estimate of drug-likeness (QED) is 0.549. The van der Waals surface area contributed by atoms with Gasteiger partial charge in [0.2, 0.25) is 0 Å². The summed E-state index contributed by atoms with van der Waals surface area (Å²) < 4.78 is 0. The van der Waals surface area contributed by atoms with E-state index >= 15 is 0 Å². The lowest BCUT2D eigenvalue weighted by molar-refractivity contribution is -0.0582. The van der Waals surface area contributed by atoms with Gasteiger partial charge in [-0.05, 0) is 12.1 Å². The van der Waals surface area contributed by atoms with E-state index in [1.165, 1.54) is 11.0 Å². The van der Waals surface area contributed by atoms with E-state index in [0.29, 0.717) is 0 Å². The highest BCUT2D eigenvalue weighted by atomic mass is 16.4. The summed E-state index contributed by atoms with van der Waals surface area (Å²) in [5, 5.41) is 37.0. The first-order valence-corrected chi connectivity index (χ1v) is 5.85. The van der Waals surface area contributed by atoms with E-state index in [4.69, 9.17) is 5.73 Å².